The van der Waals surface area contributed by atoms with Crippen molar-refractivity contribution in [1.82, 2.24) is 5.32 Å². The maximum absolute atomic E-state index is 10.8. The number of ketones is 1. The first kappa shape index (κ1) is 8.72. The van der Waals surface area contributed by atoms with Crippen LogP contribution in [0.15, 0.2) is 0 Å². The number of rotatable bonds is 2. The Morgan fingerprint density at radius 2 is 2.27 bits per heavy atom. The third kappa shape index (κ3) is 3.51. The molecule has 1 aliphatic rings. The van der Waals surface area contributed by atoms with E-state index in [-0.39, 0.29) is 0 Å². The fourth-order valence-corrected chi connectivity index (χ4v) is 1.62. The van der Waals surface area contributed by atoms with Crippen LogP contribution in [0.2, 0.25) is 0 Å². The SMILES string of the molecule is CC(=O)CC1CCCCCN1. The van der Waals surface area contributed by atoms with Crippen LogP contribution >= 0.6 is 0 Å². The van der Waals surface area contributed by atoms with E-state index in [1.54, 1.807) is 6.92 Å². The molecule has 1 saturated heterocycles. The number of carbonyl (C=O) groups excluding carboxylic acids is 1. The zero-order valence-corrected chi connectivity index (χ0v) is 7.23. The smallest absolute Gasteiger partial charge is 0.131 e. The molecule has 2 nitrogen and oxygen atoms in total. The lowest BCUT2D eigenvalue weighted by Gasteiger charge is -2.12. The molecule has 0 amide bonds. The van der Waals surface area contributed by atoms with E-state index in [1.807, 2.05) is 0 Å². The second-order valence-electron chi connectivity index (χ2n) is 3.41. The summed E-state index contributed by atoms with van der Waals surface area (Å²) in [7, 11) is 0. The summed E-state index contributed by atoms with van der Waals surface area (Å²) in [5.74, 6) is 0.310. The summed E-state index contributed by atoms with van der Waals surface area (Å²) in [4.78, 5) is 10.8. The highest BCUT2D eigenvalue weighted by molar-refractivity contribution is 5.76. The Bertz CT molecular complexity index is 126. The highest BCUT2D eigenvalue weighted by atomic mass is 16.1. The van der Waals surface area contributed by atoms with Gasteiger partial charge in [-0.15, -0.1) is 0 Å². The van der Waals surface area contributed by atoms with Gasteiger partial charge in [-0.2, -0.15) is 0 Å². The molecule has 11 heavy (non-hydrogen) atoms. The summed E-state index contributed by atoms with van der Waals surface area (Å²) >= 11 is 0. The quantitative estimate of drug-likeness (QED) is 0.654. The fourth-order valence-electron chi connectivity index (χ4n) is 1.62. The van der Waals surface area contributed by atoms with Crippen molar-refractivity contribution in [2.75, 3.05) is 6.54 Å². The molecule has 0 aromatic carbocycles. The van der Waals surface area contributed by atoms with Crippen LogP contribution in [-0.2, 0) is 4.79 Å². The first-order chi connectivity index (χ1) is 5.29. The summed E-state index contributed by atoms with van der Waals surface area (Å²) in [5.41, 5.74) is 0. The Morgan fingerprint density at radius 3 is 3.00 bits per heavy atom. The van der Waals surface area contributed by atoms with Gasteiger partial charge in [-0.05, 0) is 26.3 Å². The Morgan fingerprint density at radius 1 is 1.45 bits per heavy atom. The Kier molecular flexibility index (Phi) is 3.57. The average molecular weight is 155 g/mol. The van der Waals surface area contributed by atoms with Gasteiger partial charge in [-0.25, -0.2) is 0 Å². The lowest BCUT2D eigenvalue weighted by Crippen LogP contribution is -2.29. The third-order valence-corrected chi connectivity index (χ3v) is 2.20. The van der Waals surface area contributed by atoms with Crippen LogP contribution in [0, 0.1) is 0 Å². The number of nitrogens with one attached hydrogen (secondary N) is 1. The van der Waals surface area contributed by atoms with Crippen LogP contribution in [0.1, 0.15) is 39.0 Å². The van der Waals surface area contributed by atoms with Gasteiger partial charge in [0.25, 0.3) is 0 Å². The second-order valence-corrected chi connectivity index (χ2v) is 3.41. The molecule has 0 spiro atoms. The molecule has 0 saturated carbocycles. The van der Waals surface area contributed by atoms with Gasteiger partial charge in [0.1, 0.15) is 5.78 Å². The number of hydrogen-bond acceptors (Lipinski definition) is 2. The average Bonchev–Trinajstić information content (AvgIpc) is 2.14. The summed E-state index contributed by atoms with van der Waals surface area (Å²) in [6.45, 7) is 2.77. The lowest BCUT2D eigenvalue weighted by atomic mass is 10.1. The normalized spacial score (nSPS) is 26.1. The maximum atomic E-state index is 10.8. The first-order valence-corrected chi connectivity index (χ1v) is 4.52. The van der Waals surface area contributed by atoms with Crippen LogP contribution < -0.4 is 5.32 Å². The largest absolute Gasteiger partial charge is 0.314 e. The van der Waals surface area contributed by atoms with Gasteiger partial charge in [0.05, 0.1) is 0 Å². The Hall–Kier alpha value is -0.370. The van der Waals surface area contributed by atoms with Gasteiger partial charge in [0, 0.05) is 12.5 Å². The lowest BCUT2D eigenvalue weighted by molar-refractivity contribution is -0.117. The molecule has 1 heterocycles. The van der Waals surface area contributed by atoms with Crippen molar-refractivity contribution in [3.05, 3.63) is 0 Å². The van der Waals surface area contributed by atoms with E-state index in [1.165, 1.54) is 25.7 Å². The predicted molar refractivity (Wildman–Crippen MR) is 45.6 cm³/mol. The van der Waals surface area contributed by atoms with E-state index in [2.05, 4.69) is 5.32 Å². The Labute approximate surface area is 68.4 Å². The zero-order chi connectivity index (χ0) is 8.10. The molecule has 1 unspecified atom stereocenters. The maximum Gasteiger partial charge on any atom is 0.131 e. The van der Waals surface area contributed by atoms with Crippen LogP contribution in [0.3, 0.4) is 0 Å². The zero-order valence-electron chi connectivity index (χ0n) is 7.23. The summed E-state index contributed by atoms with van der Waals surface area (Å²) in [6.07, 6.45) is 5.78. The topological polar surface area (TPSA) is 29.1 Å². The minimum absolute atomic E-state index is 0.310. The molecule has 0 bridgehead atoms. The molecule has 1 N–H and O–H groups in total. The predicted octanol–water partition coefficient (Wildman–Crippen LogP) is 1.50. The number of Topliss-reactive ketones (excluding diaryl/α,β-unsaturated/α-hetero) is 1. The molecule has 64 valence electrons. The second kappa shape index (κ2) is 4.50. The van der Waals surface area contributed by atoms with Crippen molar-refractivity contribution in [3.8, 4) is 0 Å². The van der Waals surface area contributed by atoms with E-state index in [9.17, 15) is 4.79 Å². The molecule has 0 aromatic rings. The van der Waals surface area contributed by atoms with Gasteiger partial charge < -0.3 is 5.32 Å². The number of carbonyl (C=O) groups is 1. The minimum atomic E-state index is 0.310. The summed E-state index contributed by atoms with van der Waals surface area (Å²) in [5, 5.41) is 3.39. The van der Waals surface area contributed by atoms with Crippen molar-refractivity contribution in [2.24, 2.45) is 0 Å². The van der Waals surface area contributed by atoms with E-state index >= 15 is 0 Å². The molecular weight excluding hydrogens is 138 g/mol. The highest BCUT2D eigenvalue weighted by Gasteiger charge is 2.12. The van der Waals surface area contributed by atoms with Gasteiger partial charge in [-0.1, -0.05) is 12.8 Å². The van der Waals surface area contributed by atoms with Crippen LogP contribution in [-0.4, -0.2) is 18.4 Å². The van der Waals surface area contributed by atoms with E-state index in [0.29, 0.717) is 11.8 Å². The molecular formula is C9H17NO. The van der Waals surface area contributed by atoms with Gasteiger partial charge in [0.2, 0.25) is 0 Å². The standard InChI is InChI=1S/C9H17NO/c1-8(11)7-9-5-3-2-4-6-10-9/h9-10H,2-7H2,1H3. The van der Waals surface area contributed by atoms with Crippen molar-refractivity contribution >= 4 is 5.78 Å². The first-order valence-electron chi connectivity index (χ1n) is 4.52. The molecule has 1 aliphatic heterocycles. The molecule has 1 rings (SSSR count). The van der Waals surface area contributed by atoms with Crippen LogP contribution in [0.4, 0.5) is 0 Å². The monoisotopic (exact) mass is 155 g/mol. The van der Waals surface area contributed by atoms with E-state index in [0.717, 1.165) is 13.0 Å². The van der Waals surface area contributed by atoms with Crippen LogP contribution in [0.5, 0.6) is 0 Å². The fraction of sp³-hybridized carbons (Fsp3) is 0.889. The molecule has 1 atom stereocenters. The van der Waals surface area contributed by atoms with Crippen molar-refractivity contribution in [2.45, 2.75) is 45.1 Å². The number of hydrogen-bond donors (Lipinski definition) is 1. The summed E-state index contributed by atoms with van der Waals surface area (Å²) < 4.78 is 0. The molecule has 1 fully saturated rings. The molecule has 0 radical (unpaired) electrons. The van der Waals surface area contributed by atoms with Gasteiger partial charge in [0.15, 0.2) is 0 Å². The van der Waals surface area contributed by atoms with E-state index in [4.69, 9.17) is 0 Å². The molecule has 2 heteroatoms. The molecule has 0 aromatic heterocycles. The highest BCUT2D eigenvalue weighted by Crippen LogP contribution is 2.10. The Balaban J connectivity index is 2.25. The molecule has 0 aliphatic carbocycles. The summed E-state index contributed by atoms with van der Waals surface area (Å²) in [6, 6.07) is 0.468. The van der Waals surface area contributed by atoms with E-state index < -0.39 is 0 Å². The minimum Gasteiger partial charge on any atom is -0.314 e. The van der Waals surface area contributed by atoms with Gasteiger partial charge >= 0.3 is 0 Å². The third-order valence-electron chi connectivity index (χ3n) is 2.20. The van der Waals surface area contributed by atoms with Gasteiger partial charge in [-0.3, -0.25) is 4.79 Å². The van der Waals surface area contributed by atoms with Crippen molar-refractivity contribution in [3.63, 3.8) is 0 Å². The van der Waals surface area contributed by atoms with Crippen molar-refractivity contribution in [1.29, 1.82) is 0 Å². The van der Waals surface area contributed by atoms with Crippen LogP contribution in [0.25, 0.3) is 0 Å². The van der Waals surface area contributed by atoms with Crippen molar-refractivity contribution < 1.29 is 4.79 Å².